The minimum absolute atomic E-state index is 0.101. The van der Waals surface area contributed by atoms with E-state index in [9.17, 15) is 13.2 Å². The van der Waals surface area contributed by atoms with Gasteiger partial charge in [-0.05, 0) is 42.5 Å². The van der Waals surface area contributed by atoms with Gasteiger partial charge in [-0.3, -0.25) is 4.79 Å². The molecule has 9 heteroatoms. The molecule has 0 aromatic heterocycles. The number of carbonyl (C=O) groups excluding carboxylic acids is 1. The van der Waals surface area contributed by atoms with E-state index in [1.165, 1.54) is 11.4 Å². The van der Waals surface area contributed by atoms with Gasteiger partial charge in [-0.25, -0.2) is 8.42 Å². The Morgan fingerprint density at radius 1 is 0.968 bits per heavy atom. The van der Waals surface area contributed by atoms with E-state index in [1.807, 2.05) is 0 Å². The molecule has 8 nitrogen and oxygen atoms in total. The highest BCUT2D eigenvalue weighted by molar-refractivity contribution is 7.89. The molecule has 0 radical (unpaired) electrons. The summed E-state index contributed by atoms with van der Waals surface area (Å²) in [7, 11) is -0.644. The van der Waals surface area contributed by atoms with Gasteiger partial charge in [0.1, 0.15) is 17.2 Å². The lowest BCUT2D eigenvalue weighted by molar-refractivity contribution is -0.0857. The molecule has 2 fully saturated rings. The third kappa shape index (κ3) is 4.00. The molecule has 0 saturated carbocycles. The summed E-state index contributed by atoms with van der Waals surface area (Å²) in [6.07, 6.45) is 0.830. The molecule has 0 N–H and O–H groups in total. The van der Waals surface area contributed by atoms with Crippen molar-refractivity contribution in [1.29, 1.82) is 0 Å². The molecule has 1 spiro atoms. The third-order valence-electron chi connectivity index (χ3n) is 5.92. The van der Waals surface area contributed by atoms with E-state index in [0.717, 1.165) is 0 Å². The van der Waals surface area contributed by atoms with Crippen LogP contribution >= 0.6 is 0 Å². The Morgan fingerprint density at radius 3 is 2.29 bits per heavy atom. The maximum atomic E-state index is 13.3. The monoisotopic (exact) mass is 446 g/mol. The van der Waals surface area contributed by atoms with E-state index >= 15 is 0 Å². The summed E-state index contributed by atoms with van der Waals surface area (Å²) < 4.78 is 44.4. The molecule has 2 aromatic rings. The van der Waals surface area contributed by atoms with Crippen molar-refractivity contribution in [2.24, 2.45) is 0 Å². The summed E-state index contributed by atoms with van der Waals surface area (Å²) >= 11 is 0. The number of nitrogens with zero attached hydrogens (tertiary/aromatic N) is 2. The molecule has 4 rings (SSSR count). The topological polar surface area (TPSA) is 85.4 Å². The van der Waals surface area contributed by atoms with Gasteiger partial charge in [0.05, 0.1) is 25.7 Å². The summed E-state index contributed by atoms with van der Waals surface area (Å²) in [5, 5.41) is 0. The van der Waals surface area contributed by atoms with Crippen LogP contribution in [0.2, 0.25) is 0 Å². The van der Waals surface area contributed by atoms with Crippen molar-refractivity contribution in [3.05, 3.63) is 54.1 Å². The van der Waals surface area contributed by atoms with E-state index < -0.39 is 15.7 Å². The van der Waals surface area contributed by atoms with Gasteiger partial charge in [-0.2, -0.15) is 4.31 Å². The van der Waals surface area contributed by atoms with Crippen LogP contribution in [-0.2, 0) is 14.8 Å². The highest BCUT2D eigenvalue weighted by Gasteiger charge is 2.51. The summed E-state index contributed by atoms with van der Waals surface area (Å²) in [5.41, 5.74) is -0.380. The van der Waals surface area contributed by atoms with E-state index in [2.05, 4.69) is 0 Å². The second-order valence-corrected chi connectivity index (χ2v) is 9.43. The van der Waals surface area contributed by atoms with Crippen molar-refractivity contribution in [2.45, 2.75) is 23.5 Å². The van der Waals surface area contributed by atoms with Gasteiger partial charge in [-0.1, -0.05) is 6.07 Å². The Kier molecular flexibility index (Phi) is 5.92. The minimum Gasteiger partial charge on any atom is -0.497 e. The first-order chi connectivity index (χ1) is 14.9. The quantitative estimate of drug-likeness (QED) is 0.701. The van der Waals surface area contributed by atoms with Crippen molar-refractivity contribution in [3.8, 4) is 11.5 Å². The van der Waals surface area contributed by atoms with E-state index in [0.29, 0.717) is 49.6 Å². The second kappa shape index (κ2) is 8.49. The number of likely N-dealkylation sites (tertiary alicyclic amines) is 1. The Balaban J connectivity index is 1.50. The zero-order valence-corrected chi connectivity index (χ0v) is 18.4. The fraction of sp³-hybridized carbons (Fsp3) is 0.409. The number of hydrogen-bond acceptors (Lipinski definition) is 6. The summed E-state index contributed by atoms with van der Waals surface area (Å²) in [6.45, 7) is 1.44. The molecule has 0 bridgehead atoms. The minimum atomic E-state index is -3.74. The van der Waals surface area contributed by atoms with Crippen LogP contribution in [0.5, 0.6) is 11.5 Å². The lowest BCUT2D eigenvalue weighted by Crippen LogP contribution is -2.55. The Hall–Kier alpha value is -2.62. The van der Waals surface area contributed by atoms with Crippen molar-refractivity contribution in [3.63, 3.8) is 0 Å². The van der Waals surface area contributed by atoms with Crippen LogP contribution in [0, 0.1) is 0 Å². The summed E-state index contributed by atoms with van der Waals surface area (Å²) in [5.74, 6) is 1.11. The molecule has 166 valence electrons. The second-order valence-electron chi connectivity index (χ2n) is 7.57. The molecule has 1 amide bonds. The smallest absolute Gasteiger partial charge is 0.253 e. The largest absolute Gasteiger partial charge is 0.497 e. The van der Waals surface area contributed by atoms with E-state index in [-0.39, 0.29) is 17.3 Å². The number of benzene rings is 2. The van der Waals surface area contributed by atoms with Crippen LogP contribution < -0.4 is 9.47 Å². The first kappa shape index (κ1) is 21.6. The zero-order chi connectivity index (χ0) is 22.1. The van der Waals surface area contributed by atoms with Crippen molar-refractivity contribution in [1.82, 2.24) is 9.21 Å². The highest BCUT2D eigenvalue weighted by atomic mass is 32.2. The summed E-state index contributed by atoms with van der Waals surface area (Å²) in [6, 6.07) is 13.4. The van der Waals surface area contributed by atoms with Crippen molar-refractivity contribution >= 4 is 15.9 Å². The molecule has 0 atom stereocenters. The predicted molar refractivity (Wildman–Crippen MR) is 114 cm³/mol. The molecule has 0 unspecified atom stereocenters. The van der Waals surface area contributed by atoms with E-state index in [4.69, 9.17) is 14.2 Å². The van der Waals surface area contributed by atoms with Crippen molar-refractivity contribution in [2.75, 3.05) is 40.5 Å². The van der Waals surface area contributed by atoms with Gasteiger partial charge in [-0.15, -0.1) is 0 Å². The normalized spacial score (nSPS) is 18.8. The Labute approximate surface area is 182 Å². The van der Waals surface area contributed by atoms with Crippen LogP contribution in [0.25, 0.3) is 0 Å². The number of sulfonamides is 1. The van der Waals surface area contributed by atoms with Crippen LogP contribution in [0.3, 0.4) is 0 Å². The number of rotatable bonds is 5. The standard InChI is InChI=1S/C22H26N2O6S/c1-28-18-6-8-20(9-7-18)31(26,27)24-14-15-30-22(24)10-12-23(13-11-22)21(25)17-4-3-5-19(16-17)29-2/h3-9,16H,10-15H2,1-2H3. The third-order valence-corrected chi connectivity index (χ3v) is 7.88. The maximum Gasteiger partial charge on any atom is 0.253 e. The van der Waals surface area contributed by atoms with Crippen LogP contribution in [0.15, 0.2) is 53.4 Å². The van der Waals surface area contributed by atoms with Gasteiger partial charge in [0.25, 0.3) is 5.91 Å². The Morgan fingerprint density at radius 2 is 1.65 bits per heavy atom. The maximum absolute atomic E-state index is 13.3. The number of amides is 1. The molecule has 2 heterocycles. The lowest BCUT2D eigenvalue weighted by Gasteiger charge is -2.42. The fourth-order valence-corrected chi connectivity index (χ4v) is 5.92. The van der Waals surface area contributed by atoms with Gasteiger partial charge in [0.2, 0.25) is 10.0 Å². The molecule has 31 heavy (non-hydrogen) atoms. The number of piperidine rings is 1. The fourth-order valence-electron chi connectivity index (χ4n) is 4.20. The SMILES string of the molecule is COc1ccc(S(=O)(=O)N2CCOC23CCN(C(=O)c2cccc(OC)c2)CC3)cc1. The van der Waals surface area contributed by atoms with E-state index in [1.54, 1.807) is 60.5 Å². The molecule has 0 aliphatic carbocycles. The predicted octanol–water partition coefficient (Wildman–Crippen LogP) is 2.36. The van der Waals surface area contributed by atoms with Gasteiger partial charge >= 0.3 is 0 Å². The van der Waals surface area contributed by atoms with Crippen LogP contribution in [-0.4, -0.2) is 69.7 Å². The molecular formula is C22H26N2O6S. The highest BCUT2D eigenvalue weighted by Crippen LogP contribution is 2.38. The van der Waals surface area contributed by atoms with Gasteiger partial charge in [0, 0.05) is 38.0 Å². The van der Waals surface area contributed by atoms with Crippen molar-refractivity contribution < 1.29 is 27.4 Å². The lowest BCUT2D eigenvalue weighted by atomic mass is 10.00. The average molecular weight is 447 g/mol. The number of hydrogen-bond donors (Lipinski definition) is 0. The number of methoxy groups -OCH3 is 2. The van der Waals surface area contributed by atoms with Crippen LogP contribution in [0.4, 0.5) is 0 Å². The number of ether oxygens (including phenoxy) is 3. The zero-order valence-electron chi connectivity index (χ0n) is 17.6. The van der Waals surface area contributed by atoms with Gasteiger partial charge in [0.15, 0.2) is 0 Å². The molecule has 2 aliphatic rings. The molecule has 2 saturated heterocycles. The van der Waals surface area contributed by atoms with Crippen LogP contribution in [0.1, 0.15) is 23.2 Å². The molecule has 2 aromatic carbocycles. The molecular weight excluding hydrogens is 420 g/mol. The first-order valence-electron chi connectivity index (χ1n) is 10.1. The molecule has 2 aliphatic heterocycles. The average Bonchev–Trinajstić information content (AvgIpc) is 3.23. The number of carbonyl (C=O) groups is 1. The Bertz CT molecular complexity index is 1050. The first-order valence-corrected chi connectivity index (χ1v) is 11.6. The van der Waals surface area contributed by atoms with Gasteiger partial charge < -0.3 is 19.1 Å². The summed E-state index contributed by atoms with van der Waals surface area (Å²) in [4.78, 5) is 14.9.